The smallest absolute Gasteiger partial charge is 0.234 e. The minimum Gasteiger partial charge on any atom is -0.365 e. The predicted octanol–water partition coefficient (Wildman–Crippen LogP) is 3.09. The van der Waals surface area contributed by atoms with Crippen molar-refractivity contribution in [2.75, 3.05) is 42.6 Å². The van der Waals surface area contributed by atoms with Crippen LogP contribution in [0.2, 0.25) is 5.02 Å². The van der Waals surface area contributed by atoms with Crippen molar-refractivity contribution < 1.29 is 4.79 Å². The van der Waals surface area contributed by atoms with E-state index in [4.69, 9.17) is 17.0 Å². The number of fused-ring (bicyclic) bond motifs is 1. The van der Waals surface area contributed by atoms with Gasteiger partial charge < -0.3 is 31.6 Å². The maximum Gasteiger partial charge on any atom is 0.234 e. The van der Waals surface area contributed by atoms with Crippen LogP contribution in [0.1, 0.15) is 37.8 Å². The first-order valence-corrected chi connectivity index (χ1v) is 12.0. The van der Waals surface area contributed by atoms with Gasteiger partial charge in [0.2, 0.25) is 11.9 Å². The summed E-state index contributed by atoms with van der Waals surface area (Å²) in [5.74, 6) is 0.896. The third kappa shape index (κ3) is 5.32. The minimum absolute atomic E-state index is 0.00644. The summed E-state index contributed by atoms with van der Waals surface area (Å²) in [6.07, 6.45) is 5.13. The minimum atomic E-state index is -0.603. The second-order valence-corrected chi connectivity index (χ2v) is 9.97. The van der Waals surface area contributed by atoms with Crippen LogP contribution in [0.5, 0.6) is 0 Å². The molecule has 9 nitrogen and oxygen atoms in total. The Labute approximate surface area is 205 Å². The van der Waals surface area contributed by atoms with Crippen LogP contribution >= 0.6 is 11.6 Å². The van der Waals surface area contributed by atoms with Crippen molar-refractivity contribution >= 4 is 41.2 Å². The van der Waals surface area contributed by atoms with E-state index in [1.807, 2.05) is 32.0 Å². The molecule has 1 aromatic heterocycles. The Kier molecular flexibility index (Phi) is 7.35. The highest BCUT2D eigenvalue weighted by Gasteiger charge is 2.39. The molecule has 2 aliphatic rings. The third-order valence-corrected chi connectivity index (χ3v) is 6.92. The molecule has 1 amide bonds. The van der Waals surface area contributed by atoms with Crippen LogP contribution in [0.25, 0.3) is 0 Å². The molecule has 3 heterocycles. The average Bonchev–Trinajstić information content (AvgIpc) is 3.06. The van der Waals surface area contributed by atoms with Gasteiger partial charge in [-0.05, 0) is 64.0 Å². The summed E-state index contributed by atoms with van der Waals surface area (Å²) in [5, 5.41) is 21.2. The van der Waals surface area contributed by atoms with Gasteiger partial charge in [-0.15, -0.1) is 0 Å². The molecule has 34 heavy (non-hydrogen) atoms. The molecule has 1 atom stereocenters. The zero-order chi connectivity index (χ0) is 24.3. The van der Waals surface area contributed by atoms with Crippen molar-refractivity contribution in [2.45, 2.75) is 50.7 Å². The van der Waals surface area contributed by atoms with Gasteiger partial charge in [0.15, 0.2) is 5.82 Å². The Morgan fingerprint density at radius 1 is 1.35 bits per heavy atom. The lowest BCUT2D eigenvalue weighted by Gasteiger charge is -2.30. The molecule has 0 bridgehead atoms. The van der Waals surface area contributed by atoms with Crippen LogP contribution in [0.3, 0.4) is 0 Å². The zero-order valence-corrected chi connectivity index (χ0v) is 20.7. The number of aromatic nitrogens is 2. The Balaban J connectivity index is 1.40. The number of anilines is 3. The number of hydrogen-bond acceptors (Lipinski definition) is 8. The molecule has 0 saturated carbocycles. The lowest BCUT2D eigenvalue weighted by Crippen LogP contribution is -2.45. The molecule has 1 unspecified atom stereocenters. The van der Waals surface area contributed by atoms with Gasteiger partial charge in [-0.3, -0.25) is 4.79 Å². The van der Waals surface area contributed by atoms with Gasteiger partial charge in [-0.2, -0.15) is 4.98 Å². The number of halogens is 1. The second-order valence-electron chi connectivity index (χ2n) is 9.57. The van der Waals surface area contributed by atoms with Gasteiger partial charge in [0, 0.05) is 31.0 Å². The number of hydrogen-bond donors (Lipinski definition) is 5. The highest BCUT2D eigenvalue weighted by molar-refractivity contribution is 6.32. The Hall–Kier alpha value is -2.75. The van der Waals surface area contributed by atoms with Gasteiger partial charge in [0.05, 0.1) is 17.7 Å². The fourth-order valence-electron chi connectivity index (χ4n) is 4.55. The summed E-state index contributed by atoms with van der Waals surface area (Å²) in [4.78, 5) is 23.5. The first kappa shape index (κ1) is 24.4. The summed E-state index contributed by atoms with van der Waals surface area (Å²) in [7, 11) is 2.14. The lowest BCUT2D eigenvalue weighted by atomic mass is 9.83. The quantitative estimate of drug-likeness (QED) is 0.347. The van der Waals surface area contributed by atoms with E-state index < -0.39 is 5.41 Å². The van der Waals surface area contributed by atoms with Gasteiger partial charge in [-0.1, -0.05) is 23.7 Å². The average molecular weight is 485 g/mol. The number of carbonyl (C=O) groups is 1. The van der Waals surface area contributed by atoms with E-state index >= 15 is 0 Å². The van der Waals surface area contributed by atoms with E-state index in [9.17, 15) is 4.79 Å². The molecule has 2 aliphatic heterocycles. The summed E-state index contributed by atoms with van der Waals surface area (Å²) in [6.45, 7) is 7.11. The number of nitrogens with zero attached hydrogens (tertiary/aromatic N) is 3. The lowest BCUT2D eigenvalue weighted by molar-refractivity contribution is -0.119. The van der Waals surface area contributed by atoms with Crippen LogP contribution in [0, 0.1) is 5.41 Å². The standard InChI is InChI=1S/C24H33ClN8O/c1-24(2)20-15(5-4-6-19(20)31-22(24)34)12-28-21-18(25)14-29-23(32-21)30-17(11-26)13-27-16-7-9-33(3)10-8-16/h4-6,11,14,16-17,26-27H,7-10,12-13H2,1-3H3,(H,31,34)(H2,28,29,30,32). The number of likely N-dealkylation sites (tertiary alicyclic amines) is 1. The molecule has 1 saturated heterocycles. The molecule has 10 heteroatoms. The number of amides is 1. The maximum absolute atomic E-state index is 12.4. The molecule has 2 aromatic rings. The van der Waals surface area contributed by atoms with E-state index in [1.54, 1.807) is 6.20 Å². The van der Waals surface area contributed by atoms with Gasteiger partial charge in [0.25, 0.3) is 0 Å². The molecule has 0 aliphatic carbocycles. The van der Waals surface area contributed by atoms with E-state index in [1.165, 1.54) is 6.21 Å². The first-order chi connectivity index (χ1) is 16.3. The molecular formula is C24H33ClN8O. The Morgan fingerprint density at radius 2 is 2.12 bits per heavy atom. The summed E-state index contributed by atoms with van der Waals surface area (Å²) in [5.41, 5.74) is 2.23. The SMILES string of the molecule is CN1CCC(NCC(C=N)Nc2ncc(Cl)c(NCc3cccc4c3C(C)(C)C(=O)N4)n2)CC1. The molecule has 0 radical (unpaired) electrons. The molecule has 5 N–H and O–H groups in total. The number of carbonyl (C=O) groups excluding carboxylic acids is 1. The van der Waals surface area contributed by atoms with Crippen molar-refractivity contribution in [3.63, 3.8) is 0 Å². The molecule has 1 aromatic carbocycles. The van der Waals surface area contributed by atoms with Crippen LogP contribution in [-0.2, 0) is 16.8 Å². The van der Waals surface area contributed by atoms with Crippen molar-refractivity contribution in [2.24, 2.45) is 0 Å². The predicted molar refractivity (Wildman–Crippen MR) is 137 cm³/mol. The number of piperidine rings is 1. The summed E-state index contributed by atoms with van der Waals surface area (Å²) in [6, 6.07) is 6.08. The largest absolute Gasteiger partial charge is 0.365 e. The zero-order valence-electron chi connectivity index (χ0n) is 19.9. The van der Waals surface area contributed by atoms with Gasteiger partial charge in [0.1, 0.15) is 5.02 Å². The van der Waals surface area contributed by atoms with Gasteiger partial charge >= 0.3 is 0 Å². The van der Waals surface area contributed by atoms with E-state index in [-0.39, 0.29) is 11.9 Å². The molecule has 0 spiro atoms. The normalized spacial score (nSPS) is 18.8. The fourth-order valence-corrected chi connectivity index (χ4v) is 4.70. The van der Waals surface area contributed by atoms with Crippen LogP contribution in [-0.4, -0.2) is 65.8 Å². The van der Waals surface area contributed by atoms with Crippen LogP contribution < -0.4 is 21.3 Å². The maximum atomic E-state index is 12.4. The van der Waals surface area contributed by atoms with Crippen molar-refractivity contribution in [1.29, 1.82) is 5.41 Å². The van der Waals surface area contributed by atoms with Crippen molar-refractivity contribution in [3.05, 3.63) is 40.5 Å². The molecule has 4 rings (SSSR count). The topological polar surface area (TPSA) is 118 Å². The fraction of sp³-hybridized carbons (Fsp3) is 0.500. The Morgan fingerprint density at radius 3 is 2.85 bits per heavy atom. The third-order valence-electron chi connectivity index (χ3n) is 6.64. The monoisotopic (exact) mass is 484 g/mol. The summed E-state index contributed by atoms with van der Waals surface area (Å²) >= 11 is 6.36. The van der Waals surface area contributed by atoms with Crippen molar-refractivity contribution in [1.82, 2.24) is 20.2 Å². The Bertz CT molecular complexity index is 1050. The van der Waals surface area contributed by atoms with E-state index in [0.717, 1.165) is 42.7 Å². The highest BCUT2D eigenvalue weighted by Crippen LogP contribution is 2.39. The molecular weight excluding hydrogens is 452 g/mol. The highest BCUT2D eigenvalue weighted by atomic mass is 35.5. The molecule has 1 fully saturated rings. The van der Waals surface area contributed by atoms with Gasteiger partial charge in [-0.25, -0.2) is 4.98 Å². The van der Waals surface area contributed by atoms with Crippen LogP contribution in [0.4, 0.5) is 17.5 Å². The number of benzene rings is 1. The van der Waals surface area contributed by atoms with E-state index in [2.05, 4.69) is 43.2 Å². The van der Waals surface area contributed by atoms with Crippen molar-refractivity contribution in [3.8, 4) is 0 Å². The second kappa shape index (κ2) is 10.2. The first-order valence-electron chi connectivity index (χ1n) is 11.7. The molecule has 182 valence electrons. The van der Waals surface area contributed by atoms with E-state index in [0.29, 0.717) is 35.9 Å². The summed E-state index contributed by atoms with van der Waals surface area (Å²) < 4.78 is 0. The number of nitrogens with one attached hydrogen (secondary N) is 5. The van der Waals surface area contributed by atoms with Crippen LogP contribution in [0.15, 0.2) is 24.4 Å². The number of rotatable bonds is 9.